The van der Waals surface area contributed by atoms with Gasteiger partial charge in [0.2, 0.25) is 11.9 Å². The first-order valence-corrected chi connectivity index (χ1v) is 6.93. The van der Waals surface area contributed by atoms with Gasteiger partial charge >= 0.3 is 0 Å². The van der Waals surface area contributed by atoms with E-state index in [1.165, 1.54) is 0 Å². The number of hydrogen-bond donors (Lipinski definition) is 2. The predicted octanol–water partition coefficient (Wildman–Crippen LogP) is 1.95. The molecule has 2 aromatic rings. The normalized spacial score (nSPS) is 10.8. The van der Waals surface area contributed by atoms with Crippen molar-refractivity contribution in [3.63, 3.8) is 0 Å². The maximum atomic E-state index is 4.38. The Morgan fingerprint density at radius 3 is 2.50 bits per heavy atom. The zero-order valence-electron chi connectivity index (χ0n) is 12.2. The lowest BCUT2D eigenvalue weighted by Crippen LogP contribution is -2.14. The Labute approximate surface area is 118 Å². The maximum absolute atomic E-state index is 4.38. The minimum absolute atomic E-state index is 0.507. The van der Waals surface area contributed by atoms with Crippen LogP contribution in [0.5, 0.6) is 0 Å². The molecule has 0 atom stereocenters. The molecule has 0 fully saturated rings. The van der Waals surface area contributed by atoms with Gasteiger partial charge in [-0.25, -0.2) is 4.68 Å². The molecule has 7 nitrogen and oxygen atoms in total. The SMILES string of the molecule is CCNc1nc(NCCC(C)C)nc(-n2cccn2)n1. The first-order chi connectivity index (χ1) is 9.69. The molecular weight excluding hydrogens is 254 g/mol. The highest BCUT2D eigenvalue weighted by atomic mass is 15.4. The number of hydrogen-bond acceptors (Lipinski definition) is 6. The van der Waals surface area contributed by atoms with Crippen LogP contribution in [0.15, 0.2) is 18.5 Å². The lowest BCUT2D eigenvalue weighted by Gasteiger charge is -2.10. The predicted molar refractivity (Wildman–Crippen MR) is 79.1 cm³/mol. The first kappa shape index (κ1) is 14.2. The monoisotopic (exact) mass is 275 g/mol. The molecule has 0 saturated heterocycles. The van der Waals surface area contributed by atoms with E-state index >= 15 is 0 Å². The Morgan fingerprint density at radius 2 is 1.90 bits per heavy atom. The van der Waals surface area contributed by atoms with Crippen LogP contribution in [0.4, 0.5) is 11.9 Å². The Balaban J connectivity index is 2.17. The van der Waals surface area contributed by atoms with Crippen LogP contribution in [0, 0.1) is 5.92 Å². The number of anilines is 2. The topological polar surface area (TPSA) is 80.5 Å². The Hall–Kier alpha value is -2.18. The van der Waals surface area contributed by atoms with Crippen molar-refractivity contribution < 1.29 is 0 Å². The standard InChI is InChI=1S/C13H21N7/c1-4-14-11-17-12(15-8-6-10(2)3)19-13(18-11)20-9-5-7-16-20/h5,7,9-10H,4,6,8H2,1-3H3,(H2,14,15,17,18,19). The molecule has 0 saturated carbocycles. The van der Waals surface area contributed by atoms with Crippen LogP contribution < -0.4 is 10.6 Å². The van der Waals surface area contributed by atoms with Gasteiger partial charge in [-0.1, -0.05) is 13.8 Å². The highest BCUT2D eigenvalue weighted by Crippen LogP contribution is 2.09. The Morgan fingerprint density at radius 1 is 1.15 bits per heavy atom. The summed E-state index contributed by atoms with van der Waals surface area (Å²) in [5.74, 6) is 2.28. The van der Waals surface area contributed by atoms with Crippen LogP contribution in [-0.4, -0.2) is 37.8 Å². The number of nitrogens with zero attached hydrogens (tertiary/aromatic N) is 5. The highest BCUT2D eigenvalue weighted by Gasteiger charge is 2.08. The molecule has 20 heavy (non-hydrogen) atoms. The van der Waals surface area contributed by atoms with Gasteiger partial charge in [0.25, 0.3) is 5.95 Å². The second-order valence-corrected chi connectivity index (χ2v) is 4.87. The number of rotatable bonds is 7. The molecule has 108 valence electrons. The third-order valence-corrected chi connectivity index (χ3v) is 2.67. The van der Waals surface area contributed by atoms with E-state index in [0.29, 0.717) is 23.8 Å². The van der Waals surface area contributed by atoms with Crippen LogP contribution in [-0.2, 0) is 0 Å². The molecule has 2 rings (SSSR count). The van der Waals surface area contributed by atoms with Crippen molar-refractivity contribution in [2.75, 3.05) is 23.7 Å². The summed E-state index contributed by atoms with van der Waals surface area (Å²) in [5.41, 5.74) is 0. The van der Waals surface area contributed by atoms with Gasteiger partial charge < -0.3 is 10.6 Å². The zero-order valence-corrected chi connectivity index (χ0v) is 12.2. The third-order valence-electron chi connectivity index (χ3n) is 2.67. The van der Waals surface area contributed by atoms with Crippen molar-refractivity contribution in [1.82, 2.24) is 24.7 Å². The van der Waals surface area contributed by atoms with E-state index in [4.69, 9.17) is 0 Å². The van der Waals surface area contributed by atoms with E-state index < -0.39 is 0 Å². The molecule has 2 heterocycles. The summed E-state index contributed by atoms with van der Waals surface area (Å²) in [6, 6.07) is 1.84. The van der Waals surface area contributed by atoms with E-state index in [0.717, 1.165) is 19.5 Å². The van der Waals surface area contributed by atoms with Gasteiger partial charge in [0.15, 0.2) is 0 Å². The summed E-state index contributed by atoms with van der Waals surface area (Å²) >= 11 is 0. The summed E-state index contributed by atoms with van der Waals surface area (Å²) in [6.07, 6.45) is 4.57. The summed E-state index contributed by atoms with van der Waals surface area (Å²) in [6.45, 7) is 7.98. The van der Waals surface area contributed by atoms with Crippen LogP contribution in [0.1, 0.15) is 27.2 Å². The molecule has 0 amide bonds. The fourth-order valence-corrected chi connectivity index (χ4v) is 1.64. The smallest absolute Gasteiger partial charge is 0.257 e. The molecule has 0 radical (unpaired) electrons. The minimum Gasteiger partial charge on any atom is -0.354 e. The van der Waals surface area contributed by atoms with Gasteiger partial charge in [-0.3, -0.25) is 0 Å². The van der Waals surface area contributed by atoms with Crippen LogP contribution in [0.3, 0.4) is 0 Å². The first-order valence-electron chi connectivity index (χ1n) is 6.93. The van der Waals surface area contributed by atoms with Crippen LogP contribution >= 0.6 is 0 Å². The molecule has 0 bridgehead atoms. The molecule has 2 aromatic heterocycles. The highest BCUT2D eigenvalue weighted by molar-refractivity contribution is 5.37. The van der Waals surface area contributed by atoms with Gasteiger partial charge in [-0.05, 0) is 25.3 Å². The van der Waals surface area contributed by atoms with Crippen LogP contribution in [0.2, 0.25) is 0 Å². The molecule has 7 heteroatoms. The lowest BCUT2D eigenvalue weighted by atomic mass is 10.1. The van der Waals surface area contributed by atoms with Gasteiger partial charge in [0.1, 0.15) is 0 Å². The summed E-state index contributed by atoms with van der Waals surface area (Å²) in [4.78, 5) is 13.1. The van der Waals surface area contributed by atoms with Crippen molar-refractivity contribution in [2.45, 2.75) is 27.2 Å². The van der Waals surface area contributed by atoms with E-state index in [1.54, 1.807) is 10.9 Å². The molecular formula is C13H21N7. The number of nitrogens with one attached hydrogen (secondary N) is 2. The average Bonchev–Trinajstić information content (AvgIpc) is 2.92. The Kier molecular flexibility index (Phi) is 4.86. The second-order valence-electron chi connectivity index (χ2n) is 4.87. The summed E-state index contributed by atoms with van der Waals surface area (Å²) in [7, 11) is 0. The molecule has 0 aliphatic heterocycles. The van der Waals surface area contributed by atoms with Gasteiger partial charge in [-0.15, -0.1) is 0 Å². The molecule has 0 unspecified atom stereocenters. The van der Waals surface area contributed by atoms with Crippen molar-refractivity contribution >= 4 is 11.9 Å². The summed E-state index contributed by atoms with van der Waals surface area (Å²) in [5, 5.41) is 10.5. The van der Waals surface area contributed by atoms with E-state index in [-0.39, 0.29) is 0 Å². The molecule has 0 aromatic carbocycles. The molecule has 0 spiro atoms. The van der Waals surface area contributed by atoms with Gasteiger partial charge in [-0.2, -0.15) is 20.1 Å². The van der Waals surface area contributed by atoms with E-state index in [9.17, 15) is 0 Å². The second kappa shape index (κ2) is 6.83. The minimum atomic E-state index is 0.507. The van der Waals surface area contributed by atoms with Crippen molar-refractivity contribution in [1.29, 1.82) is 0 Å². The molecule has 2 N–H and O–H groups in total. The number of aromatic nitrogens is 5. The van der Waals surface area contributed by atoms with Crippen molar-refractivity contribution in [3.8, 4) is 5.95 Å². The zero-order chi connectivity index (χ0) is 14.4. The van der Waals surface area contributed by atoms with E-state index in [1.807, 2.05) is 19.2 Å². The Bertz CT molecular complexity index is 522. The molecule has 0 aliphatic carbocycles. The largest absolute Gasteiger partial charge is 0.354 e. The van der Waals surface area contributed by atoms with Crippen molar-refractivity contribution in [2.24, 2.45) is 5.92 Å². The average molecular weight is 275 g/mol. The maximum Gasteiger partial charge on any atom is 0.257 e. The van der Waals surface area contributed by atoms with Gasteiger partial charge in [0, 0.05) is 25.5 Å². The molecule has 0 aliphatic rings. The van der Waals surface area contributed by atoms with Crippen molar-refractivity contribution in [3.05, 3.63) is 18.5 Å². The van der Waals surface area contributed by atoms with Gasteiger partial charge in [0.05, 0.1) is 0 Å². The summed E-state index contributed by atoms with van der Waals surface area (Å²) < 4.78 is 1.62. The fraction of sp³-hybridized carbons (Fsp3) is 0.538. The third kappa shape index (κ3) is 3.91. The lowest BCUT2D eigenvalue weighted by molar-refractivity contribution is 0.605. The van der Waals surface area contributed by atoms with E-state index in [2.05, 4.69) is 44.5 Å². The fourth-order valence-electron chi connectivity index (χ4n) is 1.64. The quantitative estimate of drug-likeness (QED) is 0.804. The van der Waals surface area contributed by atoms with Crippen LogP contribution in [0.25, 0.3) is 5.95 Å².